The first-order valence-corrected chi connectivity index (χ1v) is 9.98. The molecule has 5 heterocycles. The lowest BCUT2D eigenvalue weighted by Crippen LogP contribution is -2.37. The highest BCUT2D eigenvalue weighted by Gasteiger charge is 2.40. The van der Waals surface area contributed by atoms with E-state index in [0.717, 1.165) is 30.2 Å². The van der Waals surface area contributed by atoms with E-state index in [-0.39, 0.29) is 18.0 Å². The zero-order valence-electron chi connectivity index (χ0n) is 16.8. The molecule has 0 aromatic carbocycles. The zero-order chi connectivity index (χ0) is 20.7. The molecular weight excluding hydrogens is 387 g/mol. The fourth-order valence-corrected chi connectivity index (χ4v) is 3.93. The van der Waals surface area contributed by atoms with Gasteiger partial charge in [-0.1, -0.05) is 0 Å². The van der Waals surface area contributed by atoms with Crippen molar-refractivity contribution in [1.82, 2.24) is 25.1 Å². The molecule has 3 N–H and O–H groups in total. The summed E-state index contributed by atoms with van der Waals surface area (Å²) in [5, 5.41) is 13.6. The van der Waals surface area contributed by atoms with Gasteiger partial charge in [-0.3, -0.25) is 10.1 Å². The summed E-state index contributed by atoms with van der Waals surface area (Å²) in [7, 11) is 0. The van der Waals surface area contributed by atoms with Crippen LogP contribution in [0.3, 0.4) is 0 Å². The smallest absolute Gasteiger partial charge is 0.232 e. The van der Waals surface area contributed by atoms with Gasteiger partial charge in [0.25, 0.3) is 0 Å². The largest absolute Gasteiger partial charge is 0.374 e. The number of halogens is 1. The number of anilines is 4. The van der Waals surface area contributed by atoms with Gasteiger partial charge in [-0.2, -0.15) is 15.1 Å². The van der Waals surface area contributed by atoms with E-state index in [1.807, 2.05) is 26.0 Å². The number of hydrogen-bond acceptors (Lipinski definition) is 8. The van der Waals surface area contributed by atoms with Crippen LogP contribution < -0.4 is 15.5 Å². The summed E-state index contributed by atoms with van der Waals surface area (Å²) in [6.07, 6.45) is 2.49. The van der Waals surface area contributed by atoms with E-state index in [0.29, 0.717) is 30.2 Å². The van der Waals surface area contributed by atoms with E-state index in [9.17, 15) is 4.39 Å². The molecule has 3 aromatic heterocycles. The van der Waals surface area contributed by atoms with Crippen molar-refractivity contribution in [1.29, 1.82) is 0 Å². The summed E-state index contributed by atoms with van der Waals surface area (Å²) in [5.41, 5.74) is 1.67. The first kappa shape index (κ1) is 18.7. The topological polar surface area (TPSA) is 104 Å². The highest BCUT2D eigenvalue weighted by molar-refractivity contribution is 5.59. The Morgan fingerprint density at radius 2 is 2.17 bits per heavy atom. The first-order chi connectivity index (χ1) is 14.5. The van der Waals surface area contributed by atoms with Crippen LogP contribution in [0.5, 0.6) is 0 Å². The van der Waals surface area contributed by atoms with E-state index < -0.39 is 0 Å². The number of nitrogens with zero attached hydrogens (tertiary/aromatic N) is 5. The molecule has 0 amide bonds. The second-order valence-corrected chi connectivity index (χ2v) is 7.76. The molecule has 9 nitrogen and oxygen atoms in total. The third-order valence-corrected chi connectivity index (χ3v) is 5.41. The SMILES string of the molecule is Cc1cc(Nc2nc(N[C@@H](C)c3ccc(F)cn3)cc(N3C[C@@H]4C[C@H]3CO4)n2)n[nH]1. The molecule has 2 fully saturated rings. The van der Waals surface area contributed by atoms with Gasteiger partial charge in [0.2, 0.25) is 5.95 Å². The Kier molecular flexibility index (Phi) is 4.70. The number of H-pyrrole nitrogens is 1. The number of rotatable bonds is 6. The van der Waals surface area contributed by atoms with Gasteiger partial charge >= 0.3 is 0 Å². The van der Waals surface area contributed by atoms with Crippen molar-refractivity contribution in [2.45, 2.75) is 38.5 Å². The van der Waals surface area contributed by atoms with Gasteiger partial charge in [0, 0.05) is 24.4 Å². The Morgan fingerprint density at radius 1 is 1.27 bits per heavy atom. The second-order valence-electron chi connectivity index (χ2n) is 7.76. The van der Waals surface area contributed by atoms with Crippen molar-refractivity contribution in [2.24, 2.45) is 0 Å². The number of morpholine rings is 1. The summed E-state index contributed by atoms with van der Waals surface area (Å²) in [5.74, 6) is 2.22. The molecule has 3 aromatic rings. The fourth-order valence-electron chi connectivity index (χ4n) is 3.93. The average molecular weight is 410 g/mol. The summed E-state index contributed by atoms with van der Waals surface area (Å²) in [6.45, 7) is 5.42. The number of fused-ring (bicyclic) bond motifs is 2. The van der Waals surface area contributed by atoms with Crippen LogP contribution >= 0.6 is 0 Å². The minimum Gasteiger partial charge on any atom is -0.374 e. The van der Waals surface area contributed by atoms with E-state index in [4.69, 9.17) is 9.72 Å². The molecule has 0 aliphatic carbocycles. The lowest BCUT2D eigenvalue weighted by Gasteiger charge is -2.28. The van der Waals surface area contributed by atoms with Crippen LogP contribution in [0.2, 0.25) is 0 Å². The number of aromatic amines is 1. The molecule has 0 unspecified atom stereocenters. The molecule has 3 atom stereocenters. The predicted octanol–water partition coefficient (Wildman–Crippen LogP) is 2.94. The zero-order valence-corrected chi connectivity index (χ0v) is 16.8. The standard InChI is InChI=1S/C20H23FN8O/c1-11-5-18(28-27-11)25-20-24-17(23-12(2)16-4-3-13(21)8-22-16)7-19(26-20)29-9-15-6-14(29)10-30-15/h3-5,7-8,12,14-15H,6,9-10H2,1-2H3,(H3,23,24,25,26,27,28)/t12-,14-,15-/m0/s1. The van der Waals surface area contributed by atoms with Crippen LogP contribution in [0.15, 0.2) is 30.5 Å². The molecular formula is C20H23FN8O. The minimum atomic E-state index is -0.359. The summed E-state index contributed by atoms with van der Waals surface area (Å²) in [6, 6.07) is 7.06. The van der Waals surface area contributed by atoms with Crippen LogP contribution in [-0.4, -0.2) is 50.4 Å². The molecule has 30 heavy (non-hydrogen) atoms. The molecule has 0 saturated carbocycles. The normalized spacial score (nSPS) is 21.1. The number of aryl methyl sites for hydroxylation is 1. The molecule has 10 heteroatoms. The van der Waals surface area contributed by atoms with Gasteiger partial charge in [-0.25, -0.2) is 4.39 Å². The van der Waals surface area contributed by atoms with Gasteiger partial charge in [0.15, 0.2) is 5.82 Å². The highest BCUT2D eigenvalue weighted by atomic mass is 19.1. The Bertz CT molecular complexity index is 1040. The quantitative estimate of drug-likeness (QED) is 0.570. The Hall–Kier alpha value is -3.27. The maximum absolute atomic E-state index is 13.2. The van der Waals surface area contributed by atoms with E-state index in [2.05, 4.69) is 35.7 Å². The average Bonchev–Trinajstić information content (AvgIpc) is 3.46. The van der Waals surface area contributed by atoms with Gasteiger partial charge in [0.05, 0.1) is 36.7 Å². The second kappa shape index (κ2) is 7.52. The predicted molar refractivity (Wildman–Crippen MR) is 110 cm³/mol. The lowest BCUT2D eigenvalue weighted by atomic mass is 10.2. The highest BCUT2D eigenvalue weighted by Crippen LogP contribution is 2.33. The Labute approximate surface area is 173 Å². The summed E-state index contributed by atoms with van der Waals surface area (Å²) in [4.78, 5) is 15.8. The Morgan fingerprint density at radius 3 is 2.83 bits per heavy atom. The molecule has 2 aliphatic heterocycles. The van der Waals surface area contributed by atoms with Crippen molar-refractivity contribution in [3.05, 3.63) is 47.7 Å². The van der Waals surface area contributed by atoms with Crippen LogP contribution in [0.1, 0.15) is 30.8 Å². The lowest BCUT2D eigenvalue weighted by molar-refractivity contribution is 0.0989. The van der Waals surface area contributed by atoms with Gasteiger partial charge in [0.1, 0.15) is 17.5 Å². The molecule has 5 rings (SSSR count). The van der Waals surface area contributed by atoms with Crippen LogP contribution in [0, 0.1) is 12.7 Å². The maximum Gasteiger partial charge on any atom is 0.232 e. The number of ether oxygens (including phenoxy) is 1. The first-order valence-electron chi connectivity index (χ1n) is 9.98. The van der Waals surface area contributed by atoms with Crippen LogP contribution in [-0.2, 0) is 4.74 Å². The van der Waals surface area contributed by atoms with E-state index in [1.54, 1.807) is 6.07 Å². The summed E-state index contributed by atoms with van der Waals surface area (Å²) < 4.78 is 18.9. The molecule has 2 aliphatic rings. The van der Waals surface area contributed by atoms with Crippen LogP contribution in [0.4, 0.5) is 27.8 Å². The van der Waals surface area contributed by atoms with Crippen molar-refractivity contribution in [3.8, 4) is 0 Å². The number of aromatic nitrogens is 5. The van der Waals surface area contributed by atoms with Crippen molar-refractivity contribution in [3.63, 3.8) is 0 Å². The number of hydrogen-bond donors (Lipinski definition) is 3. The fraction of sp³-hybridized carbons (Fsp3) is 0.400. The molecule has 0 radical (unpaired) electrons. The number of pyridine rings is 1. The molecule has 2 saturated heterocycles. The monoisotopic (exact) mass is 410 g/mol. The van der Waals surface area contributed by atoms with E-state index >= 15 is 0 Å². The molecule has 2 bridgehead atoms. The van der Waals surface area contributed by atoms with Gasteiger partial charge in [-0.05, 0) is 32.4 Å². The van der Waals surface area contributed by atoms with E-state index in [1.165, 1.54) is 12.3 Å². The summed E-state index contributed by atoms with van der Waals surface area (Å²) >= 11 is 0. The maximum atomic E-state index is 13.2. The van der Waals surface area contributed by atoms with Crippen LogP contribution in [0.25, 0.3) is 0 Å². The Balaban J connectivity index is 1.43. The third-order valence-electron chi connectivity index (χ3n) is 5.41. The van der Waals surface area contributed by atoms with Gasteiger partial charge in [-0.15, -0.1) is 0 Å². The number of nitrogens with one attached hydrogen (secondary N) is 3. The molecule has 0 spiro atoms. The van der Waals surface area contributed by atoms with Crippen molar-refractivity contribution < 1.29 is 9.13 Å². The minimum absolute atomic E-state index is 0.160. The third kappa shape index (κ3) is 3.78. The van der Waals surface area contributed by atoms with Crippen molar-refractivity contribution in [2.75, 3.05) is 28.7 Å². The van der Waals surface area contributed by atoms with Crippen molar-refractivity contribution >= 4 is 23.4 Å². The van der Waals surface area contributed by atoms with Gasteiger partial charge < -0.3 is 20.3 Å². The molecule has 156 valence electrons.